The smallest absolute Gasteiger partial charge is 0.219 e. The van der Waals surface area contributed by atoms with Gasteiger partial charge in [0.15, 0.2) is 0 Å². The second-order valence-electron chi connectivity index (χ2n) is 2.83. The molecule has 0 aliphatic carbocycles. The molecule has 0 saturated carbocycles. The maximum absolute atomic E-state index is 9.30. The summed E-state index contributed by atoms with van der Waals surface area (Å²) in [5.74, 6) is -2.08. The van der Waals surface area contributed by atoms with Crippen molar-refractivity contribution in [1.82, 2.24) is 0 Å². The number of nitrogens with two attached hydrogens (primary N) is 1. The van der Waals surface area contributed by atoms with Crippen LogP contribution in [-0.4, -0.2) is 57.7 Å². The summed E-state index contributed by atoms with van der Waals surface area (Å²) in [5.41, 5.74) is 5.17. The van der Waals surface area contributed by atoms with Gasteiger partial charge in [0.25, 0.3) is 0 Å². The van der Waals surface area contributed by atoms with Gasteiger partial charge in [0.1, 0.15) is 18.3 Å². The quantitative estimate of drug-likeness (QED) is 0.339. The number of hydrogen-bond donors (Lipinski definition) is 5. The van der Waals surface area contributed by atoms with Crippen LogP contribution in [0.25, 0.3) is 0 Å². The largest absolute Gasteiger partial charge is 0.391 e. The summed E-state index contributed by atoms with van der Waals surface area (Å²) >= 11 is 0. The molecule has 1 heterocycles. The molecule has 0 amide bonds. The first-order valence-corrected chi connectivity index (χ1v) is 3.62. The van der Waals surface area contributed by atoms with Gasteiger partial charge in [-0.05, 0) is 0 Å². The molecule has 6 nitrogen and oxygen atoms in total. The average molecular weight is 216 g/mol. The second kappa shape index (κ2) is 4.52. The van der Waals surface area contributed by atoms with Crippen molar-refractivity contribution in [2.24, 2.45) is 5.73 Å². The Bertz CT molecular complexity index is 171. The van der Waals surface area contributed by atoms with Crippen LogP contribution in [0.1, 0.15) is 0 Å². The molecular weight excluding hydrogens is 202 g/mol. The summed E-state index contributed by atoms with van der Waals surface area (Å²) in [6, 6.07) is 0. The fourth-order valence-electron chi connectivity index (χ4n) is 1.19. The van der Waals surface area contributed by atoms with Crippen molar-refractivity contribution in [3.05, 3.63) is 0 Å². The van der Waals surface area contributed by atoms with Crippen molar-refractivity contribution in [1.29, 1.82) is 0 Å². The highest BCUT2D eigenvalue weighted by molar-refractivity contribution is 5.85. The van der Waals surface area contributed by atoms with Crippen molar-refractivity contribution in [2.45, 2.75) is 24.1 Å². The van der Waals surface area contributed by atoms with Gasteiger partial charge in [0.05, 0.1) is 6.61 Å². The van der Waals surface area contributed by atoms with E-state index in [2.05, 4.69) is 0 Å². The normalized spacial score (nSPS) is 44.5. The van der Waals surface area contributed by atoms with E-state index in [-0.39, 0.29) is 19.0 Å². The Balaban J connectivity index is 0.00000144. The second-order valence-corrected chi connectivity index (χ2v) is 2.83. The van der Waals surface area contributed by atoms with Gasteiger partial charge in [0, 0.05) is 6.54 Å². The summed E-state index contributed by atoms with van der Waals surface area (Å²) < 4.78 is 4.75. The lowest BCUT2D eigenvalue weighted by molar-refractivity contribution is -0.244. The van der Waals surface area contributed by atoms with Gasteiger partial charge < -0.3 is 30.9 Å². The molecule has 1 saturated heterocycles. The van der Waals surface area contributed by atoms with Crippen LogP contribution in [0.4, 0.5) is 0 Å². The van der Waals surface area contributed by atoms with E-state index < -0.39 is 30.7 Å². The lowest BCUT2D eigenvalue weighted by Gasteiger charge is -2.22. The first-order chi connectivity index (χ1) is 5.55. The molecule has 6 N–H and O–H groups in total. The number of aliphatic hydroxyl groups is 4. The number of ether oxygens (including phenoxy) is 1. The third-order valence-corrected chi connectivity index (χ3v) is 1.98. The molecule has 0 aromatic carbocycles. The molecule has 7 heteroatoms. The molecule has 4 atom stereocenters. The molecule has 1 fully saturated rings. The van der Waals surface area contributed by atoms with E-state index in [4.69, 9.17) is 15.6 Å². The SMILES string of the molecule is Cl.NC[C@@H]1OC(O)(CO)[C@@H](O)[C@@H]1O. The van der Waals surface area contributed by atoms with E-state index in [0.717, 1.165) is 0 Å². The Hall–Kier alpha value is 0.0500. The van der Waals surface area contributed by atoms with Gasteiger partial charge in [-0.1, -0.05) is 0 Å². The van der Waals surface area contributed by atoms with Crippen molar-refractivity contribution < 1.29 is 25.2 Å². The first-order valence-electron chi connectivity index (χ1n) is 3.62. The Morgan fingerprint density at radius 2 is 1.92 bits per heavy atom. The van der Waals surface area contributed by atoms with Crippen molar-refractivity contribution >= 4 is 12.4 Å². The zero-order valence-corrected chi connectivity index (χ0v) is 7.65. The molecule has 0 bridgehead atoms. The Kier molecular flexibility index (Phi) is 4.53. The van der Waals surface area contributed by atoms with Crippen LogP contribution in [0, 0.1) is 0 Å². The van der Waals surface area contributed by atoms with Gasteiger partial charge in [-0.2, -0.15) is 0 Å². The van der Waals surface area contributed by atoms with Crippen LogP contribution in [0.15, 0.2) is 0 Å². The minimum Gasteiger partial charge on any atom is -0.391 e. The molecule has 1 rings (SSSR count). The van der Waals surface area contributed by atoms with Crippen LogP contribution < -0.4 is 5.73 Å². The van der Waals surface area contributed by atoms with Crippen LogP contribution in [0.2, 0.25) is 0 Å². The predicted octanol–water partition coefficient (Wildman–Crippen LogP) is -2.83. The Morgan fingerprint density at radius 3 is 2.15 bits per heavy atom. The minimum atomic E-state index is -2.08. The van der Waals surface area contributed by atoms with Crippen molar-refractivity contribution in [2.75, 3.05) is 13.2 Å². The topological polar surface area (TPSA) is 116 Å². The summed E-state index contributed by atoms with van der Waals surface area (Å²) in [5, 5.41) is 36.3. The van der Waals surface area contributed by atoms with E-state index in [0.29, 0.717) is 0 Å². The monoisotopic (exact) mass is 215 g/mol. The lowest BCUT2D eigenvalue weighted by atomic mass is 10.1. The highest BCUT2D eigenvalue weighted by Gasteiger charge is 2.52. The third-order valence-electron chi connectivity index (χ3n) is 1.98. The molecule has 0 aromatic heterocycles. The Labute approximate surface area is 81.3 Å². The van der Waals surface area contributed by atoms with Crippen LogP contribution in [0.3, 0.4) is 0 Å². The zero-order chi connectivity index (χ0) is 9.35. The van der Waals surface area contributed by atoms with E-state index in [1.54, 1.807) is 0 Å². The summed E-state index contributed by atoms with van der Waals surface area (Å²) in [6.07, 6.45) is -3.61. The van der Waals surface area contributed by atoms with Gasteiger partial charge in [-0.25, -0.2) is 0 Å². The molecule has 1 unspecified atom stereocenters. The highest BCUT2D eigenvalue weighted by Crippen LogP contribution is 2.27. The molecular formula is C6H14ClNO5. The maximum atomic E-state index is 9.30. The number of hydrogen-bond acceptors (Lipinski definition) is 6. The van der Waals surface area contributed by atoms with Gasteiger partial charge >= 0.3 is 0 Å². The molecule has 80 valence electrons. The standard InChI is InChI=1S/C6H13NO5.ClH/c7-1-3-4(9)5(10)6(11,2-8)12-3;/h3-5,8-11H,1-2,7H2;1H/t3-,4+,5-,6?;/m0./s1. The van der Waals surface area contributed by atoms with E-state index in [9.17, 15) is 15.3 Å². The number of rotatable bonds is 2. The minimum absolute atomic E-state index is 0. The maximum Gasteiger partial charge on any atom is 0.219 e. The van der Waals surface area contributed by atoms with E-state index in [1.807, 2.05) is 0 Å². The van der Waals surface area contributed by atoms with Gasteiger partial charge in [-0.15, -0.1) is 12.4 Å². The number of aliphatic hydroxyl groups excluding tert-OH is 3. The molecule has 1 aliphatic heterocycles. The van der Waals surface area contributed by atoms with Crippen molar-refractivity contribution in [3.63, 3.8) is 0 Å². The van der Waals surface area contributed by atoms with Gasteiger partial charge in [0.2, 0.25) is 5.79 Å². The molecule has 13 heavy (non-hydrogen) atoms. The van der Waals surface area contributed by atoms with Crippen molar-refractivity contribution in [3.8, 4) is 0 Å². The summed E-state index contributed by atoms with van der Waals surface area (Å²) in [4.78, 5) is 0. The van der Waals surface area contributed by atoms with Crippen LogP contribution in [0.5, 0.6) is 0 Å². The van der Waals surface area contributed by atoms with Gasteiger partial charge in [-0.3, -0.25) is 0 Å². The lowest BCUT2D eigenvalue weighted by Crippen LogP contribution is -2.46. The molecule has 0 radical (unpaired) electrons. The molecule has 0 spiro atoms. The summed E-state index contributed by atoms with van der Waals surface area (Å²) in [7, 11) is 0. The fraction of sp³-hybridized carbons (Fsp3) is 1.00. The predicted molar refractivity (Wildman–Crippen MR) is 45.2 cm³/mol. The number of halogens is 1. The fourth-order valence-corrected chi connectivity index (χ4v) is 1.19. The summed E-state index contributed by atoms with van der Waals surface area (Å²) in [6.45, 7) is -0.803. The van der Waals surface area contributed by atoms with E-state index in [1.165, 1.54) is 0 Å². The van der Waals surface area contributed by atoms with Crippen LogP contribution in [-0.2, 0) is 4.74 Å². The average Bonchev–Trinajstić information content (AvgIpc) is 2.31. The molecule has 1 aliphatic rings. The highest BCUT2D eigenvalue weighted by atomic mass is 35.5. The van der Waals surface area contributed by atoms with Crippen LogP contribution >= 0.6 is 12.4 Å². The third kappa shape index (κ3) is 2.10. The molecule has 0 aromatic rings. The zero-order valence-electron chi connectivity index (χ0n) is 6.83. The van der Waals surface area contributed by atoms with E-state index >= 15 is 0 Å². The Morgan fingerprint density at radius 1 is 1.38 bits per heavy atom. The first kappa shape index (κ1) is 13.1.